The minimum Gasteiger partial charge on any atom is -0.312 e. The molecular weight excluding hydrogens is 274 g/mol. The van der Waals surface area contributed by atoms with Crippen LogP contribution in [0.4, 0.5) is 0 Å². The largest absolute Gasteiger partial charge is 0.312 e. The van der Waals surface area contributed by atoms with Gasteiger partial charge in [0.05, 0.1) is 5.02 Å². The van der Waals surface area contributed by atoms with Crippen LogP contribution in [0.15, 0.2) is 5.38 Å². The van der Waals surface area contributed by atoms with E-state index in [9.17, 15) is 0 Å². The molecule has 3 heteroatoms. The summed E-state index contributed by atoms with van der Waals surface area (Å²) in [5.74, 6) is 0. The molecule has 0 amide bonds. The average molecular weight is 302 g/mol. The Labute approximate surface area is 127 Å². The Hall–Kier alpha value is -0.0500. The van der Waals surface area contributed by atoms with Gasteiger partial charge in [-0.15, -0.1) is 11.3 Å². The lowest BCUT2D eigenvalue weighted by molar-refractivity contribution is 0.501. The summed E-state index contributed by atoms with van der Waals surface area (Å²) >= 11 is 8.14. The second-order valence-corrected chi connectivity index (χ2v) is 6.64. The first-order valence-electron chi connectivity index (χ1n) is 7.61. The zero-order valence-electron chi connectivity index (χ0n) is 12.6. The predicted molar refractivity (Wildman–Crippen MR) is 88.5 cm³/mol. The van der Waals surface area contributed by atoms with E-state index in [4.69, 9.17) is 11.6 Å². The first-order chi connectivity index (χ1) is 9.20. The number of rotatable bonds is 10. The fourth-order valence-electron chi connectivity index (χ4n) is 2.40. The van der Waals surface area contributed by atoms with Gasteiger partial charge in [0, 0.05) is 10.9 Å². The summed E-state index contributed by atoms with van der Waals surface area (Å²) in [7, 11) is 2.04. The molecule has 110 valence electrons. The van der Waals surface area contributed by atoms with E-state index >= 15 is 0 Å². The zero-order valence-corrected chi connectivity index (χ0v) is 14.2. The second-order valence-electron chi connectivity index (χ2n) is 5.35. The molecule has 0 saturated carbocycles. The van der Waals surface area contributed by atoms with E-state index in [2.05, 4.69) is 24.5 Å². The molecule has 0 fully saturated rings. The van der Waals surface area contributed by atoms with Crippen LogP contribution in [0.5, 0.6) is 0 Å². The van der Waals surface area contributed by atoms with Crippen molar-refractivity contribution in [3.63, 3.8) is 0 Å². The van der Waals surface area contributed by atoms with Gasteiger partial charge < -0.3 is 5.32 Å². The predicted octanol–water partition coefficient (Wildman–Crippen LogP) is 6.11. The van der Waals surface area contributed by atoms with E-state index in [0.29, 0.717) is 6.04 Å². The third-order valence-electron chi connectivity index (χ3n) is 3.69. The van der Waals surface area contributed by atoms with Gasteiger partial charge in [0.15, 0.2) is 0 Å². The van der Waals surface area contributed by atoms with Crippen molar-refractivity contribution in [3.05, 3.63) is 20.8 Å². The van der Waals surface area contributed by atoms with Gasteiger partial charge >= 0.3 is 0 Å². The summed E-state index contributed by atoms with van der Waals surface area (Å²) in [6.07, 6.45) is 10.8. The van der Waals surface area contributed by atoms with Gasteiger partial charge in [0.25, 0.3) is 0 Å². The molecule has 0 bridgehead atoms. The Kier molecular flexibility index (Phi) is 8.76. The Balaban J connectivity index is 2.24. The number of hydrogen-bond acceptors (Lipinski definition) is 2. The molecule has 1 aromatic heterocycles. The lowest BCUT2D eigenvalue weighted by Crippen LogP contribution is -2.15. The molecule has 0 aliphatic carbocycles. The lowest BCUT2D eigenvalue weighted by Gasteiger charge is -2.15. The standard InChI is InChI=1S/C16H28ClNS/c1-4-5-6-7-8-9-10-11-14(18-3)16-15(17)13(2)12-19-16/h12,14,18H,4-11H2,1-3H3. The Bertz CT molecular complexity index is 349. The van der Waals surface area contributed by atoms with Crippen LogP contribution in [0, 0.1) is 6.92 Å². The van der Waals surface area contributed by atoms with Gasteiger partial charge in [-0.3, -0.25) is 0 Å². The van der Waals surface area contributed by atoms with Gasteiger partial charge in [-0.25, -0.2) is 0 Å². The van der Waals surface area contributed by atoms with Crippen molar-refractivity contribution in [2.75, 3.05) is 7.05 Å². The topological polar surface area (TPSA) is 12.0 Å². The highest BCUT2D eigenvalue weighted by Crippen LogP contribution is 2.34. The Morgan fingerprint density at radius 3 is 2.32 bits per heavy atom. The highest BCUT2D eigenvalue weighted by molar-refractivity contribution is 7.10. The van der Waals surface area contributed by atoms with E-state index in [1.807, 2.05) is 7.05 Å². The smallest absolute Gasteiger partial charge is 0.0590 e. The average Bonchev–Trinajstić information content (AvgIpc) is 2.74. The van der Waals surface area contributed by atoms with Crippen molar-refractivity contribution in [3.8, 4) is 0 Å². The van der Waals surface area contributed by atoms with Crippen LogP contribution in [0.25, 0.3) is 0 Å². The molecule has 1 rings (SSSR count). The zero-order chi connectivity index (χ0) is 14.1. The van der Waals surface area contributed by atoms with Crippen molar-refractivity contribution >= 4 is 22.9 Å². The van der Waals surface area contributed by atoms with Crippen molar-refractivity contribution in [2.45, 2.75) is 71.3 Å². The van der Waals surface area contributed by atoms with Gasteiger partial charge in [0.1, 0.15) is 0 Å². The normalized spacial score (nSPS) is 12.8. The van der Waals surface area contributed by atoms with Gasteiger partial charge in [-0.05, 0) is 31.3 Å². The molecule has 0 spiro atoms. The monoisotopic (exact) mass is 301 g/mol. The Morgan fingerprint density at radius 1 is 1.16 bits per heavy atom. The number of halogens is 1. The molecule has 1 aromatic rings. The Morgan fingerprint density at radius 2 is 1.79 bits per heavy atom. The van der Waals surface area contributed by atoms with E-state index in [1.54, 1.807) is 11.3 Å². The SMILES string of the molecule is CCCCCCCCCC(NC)c1scc(C)c1Cl. The second kappa shape index (κ2) is 9.79. The molecule has 1 unspecified atom stereocenters. The molecular formula is C16H28ClNS. The molecule has 1 atom stereocenters. The summed E-state index contributed by atoms with van der Waals surface area (Å²) in [5.41, 5.74) is 1.21. The van der Waals surface area contributed by atoms with Crippen LogP contribution in [0.3, 0.4) is 0 Å². The van der Waals surface area contributed by atoms with Crippen LogP contribution in [0.2, 0.25) is 5.02 Å². The minimum absolute atomic E-state index is 0.432. The molecule has 0 radical (unpaired) electrons. The minimum atomic E-state index is 0.432. The van der Waals surface area contributed by atoms with Gasteiger partial charge in [0.2, 0.25) is 0 Å². The van der Waals surface area contributed by atoms with Crippen molar-refractivity contribution in [1.82, 2.24) is 5.32 Å². The van der Waals surface area contributed by atoms with Gasteiger partial charge in [-0.2, -0.15) is 0 Å². The molecule has 1 heterocycles. The third kappa shape index (κ3) is 5.85. The summed E-state index contributed by atoms with van der Waals surface area (Å²) in [6.45, 7) is 4.35. The molecule has 0 aliphatic rings. The number of hydrogen-bond donors (Lipinski definition) is 1. The molecule has 0 aromatic carbocycles. The van der Waals surface area contributed by atoms with E-state index < -0.39 is 0 Å². The summed E-state index contributed by atoms with van der Waals surface area (Å²) in [4.78, 5) is 1.31. The van der Waals surface area contributed by atoms with Crippen LogP contribution >= 0.6 is 22.9 Å². The maximum atomic E-state index is 6.35. The fraction of sp³-hybridized carbons (Fsp3) is 0.750. The van der Waals surface area contributed by atoms with Crippen molar-refractivity contribution < 1.29 is 0 Å². The fourth-order valence-corrected chi connectivity index (χ4v) is 3.87. The van der Waals surface area contributed by atoms with Crippen LogP contribution in [-0.4, -0.2) is 7.05 Å². The number of unbranched alkanes of at least 4 members (excludes halogenated alkanes) is 6. The summed E-state index contributed by atoms with van der Waals surface area (Å²) in [6, 6.07) is 0.432. The molecule has 1 nitrogen and oxygen atoms in total. The van der Waals surface area contributed by atoms with Crippen LogP contribution in [0.1, 0.15) is 74.8 Å². The molecule has 0 aliphatic heterocycles. The molecule has 0 saturated heterocycles. The van der Waals surface area contributed by atoms with Gasteiger partial charge in [-0.1, -0.05) is 63.5 Å². The lowest BCUT2D eigenvalue weighted by atomic mass is 10.0. The number of aryl methyl sites for hydroxylation is 1. The number of thiophene rings is 1. The van der Waals surface area contributed by atoms with Crippen molar-refractivity contribution in [1.29, 1.82) is 0 Å². The number of nitrogens with one attached hydrogen (secondary N) is 1. The van der Waals surface area contributed by atoms with E-state index in [0.717, 1.165) is 5.02 Å². The summed E-state index contributed by atoms with van der Waals surface area (Å²) < 4.78 is 0. The maximum absolute atomic E-state index is 6.35. The van der Waals surface area contributed by atoms with Crippen molar-refractivity contribution in [2.24, 2.45) is 0 Å². The summed E-state index contributed by atoms with van der Waals surface area (Å²) in [5, 5.41) is 6.53. The van der Waals surface area contributed by atoms with Crippen LogP contribution < -0.4 is 5.32 Å². The third-order valence-corrected chi connectivity index (χ3v) is 5.51. The molecule has 1 N–H and O–H groups in total. The van der Waals surface area contributed by atoms with E-state index in [-0.39, 0.29) is 0 Å². The first kappa shape index (κ1) is 17.0. The van der Waals surface area contributed by atoms with E-state index in [1.165, 1.54) is 61.8 Å². The molecule has 19 heavy (non-hydrogen) atoms. The van der Waals surface area contributed by atoms with Crippen LogP contribution in [-0.2, 0) is 0 Å². The first-order valence-corrected chi connectivity index (χ1v) is 8.87. The maximum Gasteiger partial charge on any atom is 0.0590 e. The quantitative estimate of drug-likeness (QED) is 0.514. The highest BCUT2D eigenvalue weighted by Gasteiger charge is 2.15. The highest BCUT2D eigenvalue weighted by atomic mass is 35.5.